The predicted molar refractivity (Wildman–Crippen MR) is 48.0 cm³/mol. The van der Waals surface area contributed by atoms with Gasteiger partial charge in [-0.15, -0.1) is 0 Å². The maximum atomic E-state index is 11.3. The van der Waals surface area contributed by atoms with Crippen molar-refractivity contribution in [2.45, 2.75) is 19.4 Å². The highest BCUT2D eigenvalue weighted by Crippen LogP contribution is 2.33. The summed E-state index contributed by atoms with van der Waals surface area (Å²) in [5.41, 5.74) is 0.322. The van der Waals surface area contributed by atoms with E-state index in [9.17, 15) is 4.79 Å². The smallest absolute Gasteiger partial charge is 0.261 e. The zero-order chi connectivity index (χ0) is 9.64. The number of aromatic amines is 1. The quantitative estimate of drug-likeness (QED) is 0.621. The zero-order valence-corrected chi connectivity index (χ0v) is 7.47. The first-order valence-electron chi connectivity index (χ1n) is 4.02. The fraction of sp³-hybridized carbons (Fsp3) is 0.333. The van der Waals surface area contributed by atoms with Crippen LogP contribution in [0.1, 0.15) is 25.0 Å². The molecule has 4 nitrogen and oxygen atoms in total. The summed E-state index contributed by atoms with van der Waals surface area (Å²) in [5.74, 6) is -0.0400. The van der Waals surface area contributed by atoms with Gasteiger partial charge in [0.05, 0.1) is 0 Å². The molecule has 0 radical (unpaired) electrons. The zero-order valence-electron chi connectivity index (χ0n) is 7.47. The minimum atomic E-state index is -0.555. The van der Waals surface area contributed by atoms with Crippen molar-refractivity contribution >= 4 is 5.90 Å². The van der Waals surface area contributed by atoms with Crippen molar-refractivity contribution in [3.8, 4) is 0 Å². The van der Waals surface area contributed by atoms with Crippen LogP contribution in [0.2, 0.25) is 0 Å². The molecule has 0 atom stereocenters. The third-order valence-electron chi connectivity index (χ3n) is 2.19. The molecule has 13 heavy (non-hydrogen) atoms. The van der Waals surface area contributed by atoms with Gasteiger partial charge in [-0.3, -0.25) is 10.2 Å². The molecule has 2 heterocycles. The molecule has 1 aliphatic rings. The molecule has 0 aliphatic carbocycles. The van der Waals surface area contributed by atoms with Crippen molar-refractivity contribution in [1.29, 1.82) is 5.41 Å². The van der Waals surface area contributed by atoms with Crippen molar-refractivity contribution in [3.05, 3.63) is 33.7 Å². The Balaban J connectivity index is 2.80. The fourth-order valence-corrected chi connectivity index (χ4v) is 1.57. The highest BCUT2D eigenvalue weighted by Gasteiger charge is 2.37. The Morgan fingerprint density at radius 1 is 1.54 bits per heavy atom. The molecule has 68 valence electrons. The highest BCUT2D eigenvalue weighted by molar-refractivity contribution is 5.96. The lowest BCUT2D eigenvalue weighted by atomic mass is 9.98. The van der Waals surface area contributed by atoms with Gasteiger partial charge in [0.15, 0.2) is 0 Å². The van der Waals surface area contributed by atoms with Crippen LogP contribution in [0.15, 0.2) is 17.1 Å². The molecular weight excluding hydrogens is 168 g/mol. The molecule has 1 aliphatic heterocycles. The van der Waals surface area contributed by atoms with Gasteiger partial charge in [0, 0.05) is 11.8 Å². The van der Waals surface area contributed by atoms with Gasteiger partial charge in [0.2, 0.25) is 5.90 Å². The van der Waals surface area contributed by atoms with E-state index in [1.54, 1.807) is 12.3 Å². The number of hydrogen-bond acceptors (Lipinski definition) is 3. The summed E-state index contributed by atoms with van der Waals surface area (Å²) in [5, 5.41) is 7.48. The molecular formula is C9H10N2O2. The highest BCUT2D eigenvalue weighted by atomic mass is 16.5. The average molecular weight is 178 g/mol. The van der Waals surface area contributed by atoms with Crippen molar-refractivity contribution < 1.29 is 4.74 Å². The second-order valence-electron chi connectivity index (χ2n) is 3.54. The summed E-state index contributed by atoms with van der Waals surface area (Å²) < 4.78 is 5.26. The molecule has 4 heteroatoms. The van der Waals surface area contributed by atoms with Crippen molar-refractivity contribution in [3.63, 3.8) is 0 Å². The van der Waals surface area contributed by atoms with Crippen LogP contribution in [0, 0.1) is 5.41 Å². The molecule has 0 aromatic carbocycles. The fourth-order valence-electron chi connectivity index (χ4n) is 1.57. The van der Waals surface area contributed by atoms with E-state index in [0.717, 1.165) is 5.56 Å². The Morgan fingerprint density at radius 2 is 2.23 bits per heavy atom. The summed E-state index contributed by atoms with van der Waals surface area (Å²) in [6.07, 6.45) is 1.57. The normalized spacial score (nSPS) is 18.2. The van der Waals surface area contributed by atoms with Gasteiger partial charge in [-0.1, -0.05) is 0 Å². The van der Waals surface area contributed by atoms with E-state index in [2.05, 4.69) is 4.98 Å². The Labute approximate surface area is 75.1 Å². The molecule has 0 saturated carbocycles. The van der Waals surface area contributed by atoms with Crippen molar-refractivity contribution in [1.82, 2.24) is 4.98 Å². The lowest BCUT2D eigenvalue weighted by Gasteiger charge is -2.17. The van der Waals surface area contributed by atoms with Crippen molar-refractivity contribution in [2.24, 2.45) is 0 Å². The van der Waals surface area contributed by atoms with Gasteiger partial charge in [-0.05, 0) is 19.9 Å². The van der Waals surface area contributed by atoms with Crippen LogP contribution in [0.4, 0.5) is 0 Å². The second-order valence-corrected chi connectivity index (χ2v) is 3.54. The standard InChI is InChI=1S/C9H10N2O2/c1-9(2)5-3-4-11-8(12)6(5)7(10)13-9/h3-4,10H,1-2H3,(H,11,12). The number of H-pyrrole nitrogens is 1. The van der Waals surface area contributed by atoms with Gasteiger partial charge >= 0.3 is 0 Å². The third kappa shape index (κ3) is 0.983. The number of nitrogens with one attached hydrogen (secondary N) is 2. The maximum absolute atomic E-state index is 11.3. The van der Waals surface area contributed by atoms with E-state index in [0.29, 0.717) is 5.56 Å². The molecule has 0 bridgehead atoms. The van der Waals surface area contributed by atoms with Crippen LogP contribution in [0.5, 0.6) is 0 Å². The first-order chi connectivity index (χ1) is 6.02. The van der Waals surface area contributed by atoms with Gasteiger partial charge in [-0.2, -0.15) is 0 Å². The number of rotatable bonds is 0. The van der Waals surface area contributed by atoms with Gasteiger partial charge in [-0.25, -0.2) is 0 Å². The minimum Gasteiger partial charge on any atom is -0.467 e. The van der Waals surface area contributed by atoms with E-state index in [1.165, 1.54) is 0 Å². The topological polar surface area (TPSA) is 65.9 Å². The second kappa shape index (κ2) is 2.22. The number of pyridine rings is 1. The van der Waals surface area contributed by atoms with Crippen LogP contribution in [0.25, 0.3) is 0 Å². The van der Waals surface area contributed by atoms with Gasteiger partial charge in [0.25, 0.3) is 5.56 Å². The first-order valence-corrected chi connectivity index (χ1v) is 4.02. The summed E-state index contributed by atoms with van der Waals surface area (Å²) >= 11 is 0. The predicted octanol–water partition coefficient (Wildman–Crippen LogP) is 0.966. The SMILES string of the molecule is CC1(C)OC(=N)c2c1cc[nH]c2=O. The van der Waals surface area contributed by atoms with Crippen LogP contribution < -0.4 is 5.56 Å². The Hall–Kier alpha value is -1.58. The van der Waals surface area contributed by atoms with E-state index in [1.807, 2.05) is 13.8 Å². The average Bonchev–Trinajstić information content (AvgIpc) is 2.24. The van der Waals surface area contributed by atoms with E-state index >= 15 is 0 Å². The van der Waals surface area contributed by atoms with Crippen LogP contribution in [-0.2, 0) is 10.3 Å². The number of fused-ring (bicyclic) bond motifs is 1. The van der Waals surface area contributed by atoms with Crippen LogP contribution in [-0.4, -0.2) is 10.9 Å². The minimum absolute atomic E-state index is 0.0400. The molecule has 1 aromatic heterocycles. The Morgan fingerprint density at radius 3 is 2.85 bits per heavy atom. The van der Waals surface area contributed by atoms with Crippen LogP contribution in [0.3, 0.4) is 0 Å². The number of ether oxygens (including phenoxy) is 1. The van der Waals surface area contributed by atoms with Gasteiger partial charge in [0.1, 0.15) is 11.2 Å². The van der Waals surface area contributed by atoms with E-state index < -0.39 is 5.60 Å². The maximum Gasteiger partial charge on any atom is 0.261 e. The lowest BCUT2D eigenvalue weighted by Crippen LogP contribution is -2.17. The molecule has 0 spiro atoms. The summed E-state index contributed by atoms with van der Waals surface area (Å²) in [6, 6.07) is 1.78. The van der Waals surface area contributed by atoms with Crippen molar-refractivity contribution in [2.75, 3.05) is 0 Å². The summed E-state index contributed by atoms with van der Waals surface area (Å²) in [6.45, 7) is 3.68. The van der Waals surface area contributed by atoms with Gasteiger partial charge < -0.3 is 9.72 Å². The molecule has 0 amide bonds. The molecule has 2 rings (SSSR count). The lowest BCUT2D eigenvalue weighted by molar-refractivity contribution is 0.110. The molecule has 2 N–H and O–H groups in total. The molecule has 0 unspecified atom stereocenters. The molecule has 0 fully saturated rings. The molecule has 0 saturated heterocycles. The Bertz CT molecular complexity index is 431. The van der Waals surface area contributed by atoms with Crippen LogP contribution >= 0.6 is 0 Å². The van der Waals surface area contributed by atoms with E-state index in [-0.39, 0.29) is 11.5 Å². The molecule has 1 aromatic rings. The summed E-state index contributed by atoms with van der Waals surface area (Å²) in [4.78, 5) is 13.9. The van der Waals surface area contributed by atoms with E-state index in [4.69, 9.17) is 10.1 Å². The Kier molecular flexibility index (Phi) is 1.37. The largest absolute Gasteiger partial charge is 0.467 e. The summed E-state index contributed by atoms with van der Waals surface area (Å²) in [7, 11) is 0. The number of aromatic nitrogens is 1. The third-order valence-corrected chi connectivity index (χ3v) is 2.19. The monoisotopic (exact) mass is 178 g/mol. The first kappa shape index (κ1) is 8.04. The number of hydrogen-bond donors (Lipinski definition) is 2.